The van der Waals surface area contributed by atoms with Crippen molar-refractivity contribution in [3.8, 4) is 0 Å². The monoisotopic (exact) mass is 183 g/mol. The van der Waals surface area contributed by atoms with Crippen molar-refractivity contribution in [2.75, 3.05) is 6.61 Å². The fourth-order valence-electron chi connectivity index (χ4n) is 2.02. The van der Waals surface area contributed by atoms with E-state index >= 15 is 0 Å². The van der Waals surface area contributed by atoms with E-state index in [1.165, 1.54) is 32.1 Å². The van der Waals surface area contributed by atoms with Crippen LogP contribution in [0.1, 0.15) is 44.9 Å². The summed E-state index contributed by atoms with van der Waals surface area (Å²) in [5, 5.41) is 0. The number of carbonyl (C=O) groups excluding carboxylic acids is 1. The molecule has 0 aromatic carbocycles. The lowest BCUT2D eigenvalue weighted by Gasteiger charge is -2.07. The zero-order chi connectivity index (χ0) is 9.52. The van der Waals surface area contributed by atoms with Crippen LogP contribution < -0.4 is 0 Å². The van der Waals surface area contributed by atoms with Gasteiger partial charge in [0, 0.05) is 6.42 Å². The van der Waals surface area contributed by atoms with Gasteiger partial charge in [0.2, 0.25) is 0 Å². The van der Waals surface area contributed by atoms with E-state index in [2.05, 4.69) is 6.92 Å². The van der Waals surface area contributed by atoms with Crippen LogP contribution in [0.4, 0.5) is 0 Å². The van der Waals surface area contributed by atoms with Gasteiger partial charge in [-0.05, 0) is 25.7 Å². The fourth-order valence-corrected chi connectivity index (χ4v) is 2.02. The molecular weight excluding hydrogens is 164 g/mol. The predicted octanol–water partition coefficient (Wildman–Crippen LogP) is 2.72. The summed E-state index contributed by atoms with van der Waals surface area (Å²) in [5.74, 6) is 0.792. The van der Waals surface area contributed by atoms with Crippen LogP contribution in [-0.2, 0) is 9.53 Å². The highest BCUT2D eigenvalue weighted by molar-refractivity contribution is 5.69. The third-order valence-electron chi connectivity index (χ3n) is 2.73. The molecule has 0 aliphatic heterocycles. The first-order chi connectivity index (χ1) is 6.33. The number of rotatable bonds is 5. The Morgan fingerprint density at radius 2 is 2.08 bits per heavy atom. The highest BCUT2D eigenvalue weighted by Gasteiger charge is 2.14. The van der Waals surface area contributed by atoms with Gasteiger partial charge in [-0.2, -0.15) is 0 Å². The Balaban J connectivity index is 1.96. The van der Waals surface area contributed by atoms with Crippen LogP contribution in [0.5, 0.6) is 0 Å². The first-order valence-corrected chi connectivity index (χ1v) is 5.28. The Bertz CT molecular complexity index is 148. The van der Waals surface area contributed by atoms with Crippen LogP contribution in [0, 0.1) is 12.8 Å². The maximum atomic E-state index is 11.0. The van der Waals surface area contributed by atoms with E-state index < -0.39 is 0 Å². The van der Waals surface area contributed by atoms with Crippen LogP contribution in [0.2, 0.25) is 0 Å². The lowest BCUT2D eigenvalue weighted by atomic mass is 10.0. The number of esters is 1. The molecule has 2 heteroatoms. The van der Waals surface area contributed by atoms with Crippen molar-refractivity contribution in [1.29, 1.82) is 0 Å². The first kappa shape index (κ1) is 10.6. The second-order valence-electron chi connectivity index (χ2n) is 3.76. The van der Waals surface area contributed by atoms with Crippen molar-refractivity contribution in [2.24, 2.45) is 5.92 Å². The molecule has 0 heterocycles. The number of ether oxygens (including phenoxy) is 1. The van der Waals surface area contributed by atoms with Crippen molar-refractivity contribution in [2.45, 2.75) is 44.9 Å². The molecule has 0 saturated heterocycles. The molecule has 1 aliphatic carbocycles. The Morgan fingerprint density at radius 1 is 1.38 bits per heavy atom. The molecule has 1 fully saturated rings. The van der Waals surface area contributed by atoms with Gasteiger partial charge in [-0.3, -0.25) is 4.79 Å². The molecule has 0 atom stereocenters. The Morgan fingerprint density at radius 3 is 2.69 bits per heavy atom. The Hall–Kier alpha value is -0.530. The van der Waals surface area contributed by atoms with Gasteiger partial charge in [0.15, 0.2) is 0 Å². The highest BCUT2D eigenvalue weighted by Crippen LogP contribution is 2.28. The molecule has 1 saturated carbocycles. The molecule has 0 spiro atoms. The minimum Gasteiger partial charge on any atom is -0.466 e. The number of hydrogen-bond donors (Lipinski definition) is 0. The SMILES string of the molecule is [CH2]COC(=O)CCCC1CCCC1. The Kier molecular flexibility index (Phi) is 4.87. The van der Waals surface area contributed by atoms with Gasteiger partial charge in [0.05, 0.1) is 6.61 Å². The van der Waals surface area contributed by atoms with Crippen molar-refractivity contribution in [3.05, 3.63) is 6.92 Å². The molecular formula is C11H19O2. The van der Waals surface area contributed by atoms with Gasteiger partial charge >= 0.3 is 5.97 Å². The smallest absolute Gasteiger partial charge is 0.305 e. The predicted molar refractivity (Wildman–Crippen MR) is 52.1 cm³/mol. The Labute approximate surface area is 80.7 Å². The summed E-state index contributed by atoms with van der Waals surface area (Å²) in [5.41, 5.74) is 0. The van der Waals surface area contributed by atoms with Gasteiger partial charge in [0.25, 0.3) is 0 Å². The molecule has 1 aliphatic rings. The summed E-state index contributed by atoms with van der Waals surface area (Å²) in [4.78, 5) is 11.0. The summed E-state index contributed by atoms with van der Waals surface area (Å²) in [6.07, 6.45) is 8.26. The normalized spacial score (nSPS) is 17.6. The van der Waals surface area contributed by atoms with Gasteiger partial charge in [-0.25, -0.2) is 0 Å². The molecule has 0 bridgehead atoms. The summed E-state index contributed by atoms with van der Waals surface area (Å²) < 4.78 is 4.76. The van der Waals surface area contributed by atoms with E-state index in [9.17, 15) is 4.79 Å². The van der Waals surface area contributed by atoms with E-state index in [0.717, 1.165) is 12.3 Å². The molecule has 0 N–H and O–H groups in total. The van der Waals surface area contributed by atoms with Gasteiger partial charge in [0.1, 0.15) is 0 Å². The molecule has 0 unspecified atom stereocenters. The average Bonchev–Trinajstić information content (AvgIpc) is 2.57. The van der Waals surface area contributed by atoms with Crippen LogP contribution in [0.3, 0.4) is 0 Å². The summed E-state index contributed by atoms with van der Waals surface area (Å²) in [7, 11) is 0. The lowest BCUT2D eigenvalue weighted by Crippen LogP contribution is -2.04. The topological polar surface area (TPSA) is 26.3 Å². The lowest BCUT2D eigenvalue weighted by molar-refractivity contribution is -0.142. The van der Waals surface area contributed by atoms with Crippen LogP contribution in [-0.4, -0.2) is 12.6 Å². The quantitative estimate of drug-likeness (QED) is 0.612. The van der Waals surface area contributed by atoms with Gasteiger partial charge < -0.3 is 4.74 Å². The second-order valence-corrected chi connectivity index (χ2v) is 3.76. The zero-order valence-corrected chi connectivity index (χ0v) is 8.26. The maximum Gasteiger partial charge on any atom is 0.305 e. The second kappa shape index (κ2) is 6.01. The fraction of sp³-hybridized carbons (Fsp3) is 0.818. The summed E-state index contributed by atoms with van der Waals surface area (Å²) in [6, 6.07) is 0. The molecule has 13 heavy (non-hydrogen) atoms. The number of hydrogen-bond acceptors (Lipinski definition) is 2. The third-order valence-corrected chi connectivity index (χ3v) is 2.73. The van der Waals surface area contributed by atoms with Crippen LogP contribution in [0.15, 0.2) is 0 Å². The molecule has 0 amide bonds. The van der Waals surface area contributed by atoms with Crippen molar-refractivity contribution < 1.29 is 9.53 Å². The van der Waals surface area contributed by atoms with Crippen molar-refractivity contribution >= 4 is 5.97 Å². The molecule has 0 aromatic heterocycles. The molecule has 1 radical (unpaired) electrons. The van der Waals surface area contributed by atoms with Crippen molar-refractivity contribution in [3.63, 3.8) is 0 Å². The minimum absolute atomic E-state index is 0.0898. The van der Waals surface area contributed by atoms with Crippen LogP contribution >= 0.6 is 0 Å². The maximum absolute atomic E-state index is 11.0. The number of carbonyl (C=O) groups is 1. The molecule has 2 nitrogen and oxygen atoms in total. The van der Waals surface area contributed by atoms with Gasteiger partial charge in [-0.1, -0.05) is 25.7 Å². The third kappa shape index (κ3) is 4.30. The minimum atomic E-state index is -0.0898. The van der Waals surface area contributed by atoms with E-state index in [-0.39, 0.29) is 12.6 Å². The summed E-state index contributed by atoms with van der Waals surface area (Å²) >= 11 is 0. The molecule has 0 aromatic rings. The average molecular weight is 183 g/mol. The van der Waals surface area contributed by atoms with E-state index in [1.54, 1.807) is 0 Å². The summed E-state index contributed by atoms with van der Waals surface area (Å²) in [6.45, 7) is 3.73. The van der Waals surface area contributed by atoms with Crippen LogP contribution in [0.25, 0.3) is 0 Å². The zero-order valence-electron chi connectivity index (χ0n) is 8.26. The van der Waals surface area contributed by atoms with Gasteiger partial charge in [-0.15, -0.1) is 0 Å². The molecule has 75 valence electrons. The standard InChI is InChI=1S/C11H19O2/c1-2-13-11(12)9-5-8-10-6-3-4-7-10/h10H,1-9H2. The molecule has 1 rings (SSSR count). The van der Waals surface area contributed by atoms with Crippen molar-refractivity contribution in [1.82, 2.24) is 0 Å². The largest absolute Gasteiger partial charge is 0.466 e. The highest BCUT2D eigenvalue weighted by atomic mass is 16.5. The first-order valence-electron chi connectivity index (χ1n) is 5.28. The van der Waals surface area contributed by atoms with E-state index in [0.29, 0.717) is 6.42 Å². The van der Waals surface area contributed by atoms with E-state index in [1.807, 2.05) is 0 Å². The van der Waals surface area contributed by atoms with E-state index in [4.69, 9.17) is 4.74 Å².